The molecule has 1 aromatic carbocycles. The fraction of sp³-hybridized carbons (Fsp3) is 0.455. The maximum Gasteiger partial charge on any atom is 0.126 e. The number of thioether (sulfide) groups is 1. The molecule has 0 bridgehead atoms. The third kappa shape index (κ3) is 4.01. The van der Waals surface area contributed by atoms with Crippen molar-refractivity contribution in [1.29, 1.82) is 0 Å². The van der Waals surface area contributed by atoms with E-state index < -0.39 is 0 Å². The highest BCUT2D eigenvalue weighted by Crippen LogP contribution is 2.17. The van der Waals surface area contributed by atoms with E-state index in [0.29, 0.717) is 17.0 Å². The molecular formula is C11H15ClFNS. The van der Waals surface area contributed by atoms with E-state index in [1.807, 2.05) is 13.3 Å². The first kappa shape index (κ1) is 12.8. The summed E-state index contributed by atoms with van der Waals surface area (Å²) in [5, 5.41) is 3.76. The van der Waals surface area contributed by atoms with Gasteiger partial charge in [0.1, 0.15) is 5.82 Å². The van der Waals surface area contributed by atoms with Crippen molar-refractivity contribution < 1.29 is 4.39 Å². The van der Waals surface area contributed by atoms with Crippen molar-refractivity contribution in [2.24, 2.45) is 0 Å². The number of hydrogen-bond donors (Lipinski definition) is 1. The minimum absolute atomic E-state index is 0.180. The Balaban J connectivity index is 2.73. The van der Waals surface area contributed by atoms with Crippen molar-refractivity contribution >= 4 is 23.4 Å². The van der Waals surface area contributed by atoms with E-state index in [9.17, 15) is 4.39 Å². The van der Waals surface area contributed by atoms with Crippen LogP contribution in [0.5, 0.6) is 0 Å². The Kier molecular flexibility index (Phi) is 5.43. The van der Waals surface area contributed by atoms with Gasteiger partial charge in [0.05, 0.1) is 0 Å². The van der Waals surface area contributed by atoms with Gasteiger partial charge >= 0.3 is 0 Å². The summed E-state index contributed by atoms with van der Waals surface area (Å²) >= 11 is 7.57. The lowest BCUT2D eigenvalue weighted by atomic mass is 10.1. The molecule has 0 aliphatic heterocycles. The molecule has 1 atom stereocenters. The highest BCUT2D eigenvalue weighted by molar-refractivity contribution is 7.98. The molecule has 1 rings (SSSR count). The van der Waals surface area contributed by atoms with Crippen molar-refractivity contribution in [3.63, 3.8) is 0 Å². The van der Waals surface area contributed by atoms with E-state index in [1.54, 1.807) is 23.9 Å². The Morgan fingerprint density at radius 1 is 1.53 bits per heavy atom. The maximum absolute atomic E-state index is 13.4. The molecule has 0 amide bonds. The number of benzene rings is 1. The maximum atomic E-state index is 13.4. The Bertz CT molecular complexity index is 319. The SMILES string of the molecule is CNC(CSC)Cc1cc(Cl)ccc1F. The summed E-state index contributed by atoms with van der Waals surface area (Å²) in [6, 6.07) is 4.97. The fourth-order valence-corrected chi connectivity index (χ4v) is 2.29. The summed E-state index contributed by atoms with van der Waals surface area (Å²) in [7, 11) is 1.89. The van der Waals surface area contributed by atoms with Gasteiger partial charge in [-0.15, -0.1) is 0 Å². The lowest BCUT2D eigenvalue weighted by Crippen LogP contribution is -2.30. The summed E-state index contributed by atoms with van der Waals surface area (Å²) in [6.45, 7) is 0. The molecule has 4 heteroatoms. The summed E-state index contributed by atoms with van der Waals surface area (Å²) in [5.41, 5.74) is 0.677. The first-order chi connectivity index (χ1) is 7.17. The molecule has 15 heavy (non-hydrogen) atoms. The van der Waals surface area contributed by atoms with Crippen molar-refractivity contribution in [3.8, 4) is 0 Å². The van der Waals surface area contributed by atoms with Crippen molar-refractivity contribution in [2.75, 3.05) is 19.1 Å². The number of hydrogen-bond acceptors (Lipinski definition) is 2. The van der Waals surface area contributed by atoms with Crippen LogP contribution in [0.3, 0.4) is 0 Å². The van der Waals surface area contributed by atoms with Crippen LogP contribution in [0, 0.1) is 5.82 Å². The first-order valence-corrected chi connectivity index (χ1v) is 6.54. The Morgan fingerprint density at radius 3 is 2.87 bits per heavy atom. The predicted octanol–water partition coefficient (Wildman–Crippen LogP) is 2.97. The van der Waals surface area contributed by atoms with Crippen LogP contribution in [0.4, 0.5) is 4.39 Å². The monoisotopic (exact) mass is 247 g/mol. The molecule has 0 aliphatic rings. The highest BCUT2D eigenvalue weighted by atomic mass is 35.5. The van der Waals surface area contributed by atoms with Gasteiger partial charge in [0.25, 0.3) is 0 Å². The lowest BCUT2D eigenvalue weighted by molar-refractivity contribution is 0.568. The van der Waals surface area contributed by atoms with E-state index in [1.165, 1.54) is 6.07 Å². The molecule has 1 aromatic rings. The van der Waals surface area contributed by atoms with E-state index >= 15 is 0 Å². The summed E-state index contributed by atoms with van der Waals surface area (Å²) in [6.07, 6.45) is 2.71. The van der Waals surface area contributed by atoms with Gasteiger partial charge in [-0.3, -0.25) is 0 Å². The van der Waals surface area contributed by atoms with E-state index in [4.69, 9.17) is 11.6 Å². The summed E-state index contributed by atoms with van der Waals surface area (Å²) < 4.78 is 13.4. The summed E-state index contributed by atoms with van der Waals surface area (Å²) in [4.78, 5) is 0. The van der Waals surface area contributed by atoms with E-state index in [2.05, 4.69) is 5.32 Å². The minimum atomic E-state index is -0.180. The highest BCUT2D eigenvalue weighted by Gasteiger charge is 2.10. The van der Waals surface area contributed by atoms with Crippen LogP contribution in [0.2, 0.25) is 5.02 Å². The third-order valence-corrected chi connectivity index (χ3v) is 3.22. The average Bonchev–Trinajstić information content (AvgIpc) is 2.22. The molecule has 1 nitrogen and oxygen atoms in total. The fourth-order valence-electron chi connectivity index (χ4n) is 1.41. The third-order valence-electron chi connectivity index (χ3n) is 2.25. The molecule has 0 heterocycles. The number of rotatable bonds is 5. The molecule has 0 aromatic heterocycles. The second-order valence-corrected chi connectivity index (χ2v) is 4.73. The van der Waals surface area contributed by atoms with Gasteiger partial charge in [-0.05, 0) is 43.5 Å². The van der Waals surface area contributed by atoms with Crippen LogP contribution in [-0.4, -0.2) is 25.1 Å². The number of likely N-dealkylation sites (N-methyl/N-ethyl adjacent to an activating group) is 1. The van der Waals surface area contributed by atoms with Crippen molar-refractivity contribution in [1.82, 2.24) is 5.32 Å². The molecule has 1 N–H and O–H groups in total. The Labute approximate surface area is 99.4 Å². The standard InChI is InChI=1S/C11H15ClFNS/c1-14-10(7-15-2)6-8-5-9(12)3-4-11(8)13/h3-5,10,14H,6-7H2,1-2H3. The van der Waals surface area contributed by atoms with Gasteiger partial charge in [-0.25, -0.2) is 4.39 Å². The van der Waals surface area contributed by atoms with Crippen LogP contribution >= 0.6 is 23.4 Å². The van der Waals surface area contributed by atoms with Crippen molar-refractivity contribution in [2.45, 2.75) is 12.5 Å². The van der Waals surface area contributed by atoms with Gasteiger partial charge in [-0.1, -0.05) is 11.6 Å². The molecule has 84 valence electrons. The number of halogens is 2. The van der Waals surface area contributed by atoms with Gasteiger partial charge < -0.3 is 5.32 Å². The normalized spacial score (nSPS) is 12.8. The van der Waals surface area contributed by atoms with Crippen LogP contribution < -0.4 is 5.32 Å². The van der Waals surface area contributed by atoms with Crippen LogP contribution in [0.15, 0.2) is 18.2 Å². The molecule has 0 radical (unpaired) electrons. The average molecular weight is 248 g/mol. The van der Waals surface area contributed by atoms with Crippen LogP contribution in [-0.2, 0) is 6.42 Å². The van der Waals surface area contributed by atoms with Gasteiger partial charge in [0.2, 0.25) is 0 Å². The van der Waals surface area contributed by atoms with Gasteiger partial charge in [0, 0.05) is 16.8 Å². The molecular weight excluding hydrogens is 233 g/mol. The quantitative estimate of drug-likeness (QED) is 0.859. The number of nitrogens with one attached hydrogen (secondary N) is 1. The first-order valence-electron chi connectivity index (χ1n) is 4.77. The lowest BCUT2D eigenvalue weighted by Gasteiger charge is -2.15. The van der Waals surface area contributed by atoms with Crippen molar-refractivity contribution in [3.05, 3.63) is 34.6 Å². The Hall–Kier alpha value is -0.250. The molecule has 0 spiro atoms. The second kappa shape index (κ2) is 6.36. The molecule has 0 saturated carbocycles. The predicted molar refractivity (Wildman–Crippen MR) is 66.3 cm³/mol. The Morgan fingerprint density at radius 2 is 2.27 bits per heavy atom. The minimum Gasteiger partial charge on any atom is -0.316 e. The molecule has 0 saturated heterocycles. The summed E-state index contributed by atoms with van der Waals surface area (Å²) in [5.74, 6) is 0.781. The largest absolute Gasteiger partial charge is 0.316 e. The zero-order chi connectivity index (χ0) is 11.3. The van der Waals surface area contributed by atoms with E-state index in [-0.39, 0.29) is 11.9 Å². The molecule has 1 unspecified atom stereocenters. The second-order valence-electron chi connectivity index (χ2n) is 3.38. The smallest absolute Gasteiger partial charge is 0.126 e. The zero-order valence-corrected chi connectivity index (χ0v) is 10.5. The zero-order valence-electron chi connectivity index (χ0n) is 8.89. The van der Waals surface area contributed by atoms with Crippen LogP contribution in [0.1, 0.15) is 5.56 Å². The van der Waals surface area contributed by atoms with E-state index in [0.717, 1.165) is 5.75 Å². The molecule has 0 aliphatic carbocycles. The topological polar surface area (TPSA) is 12.0 Å². The van der Waals surface area contributed by atoms with Gasteiger partial charge in [-0.2, -0.15) is 11.8 Å². The van der Waals surface area contributed by atoms with Gasteiger partial charge in [0.15, 0.2) is 0 Å². The van der Waals surface area contributed by atoms with Crippen LogP contribution in [0.25, 0.3) is 0 Å². The molecule has 0 fully saturated rings.